The summed E-state index contributed by atoms with van der Waals surface area (Å²) in [5, 5.41) is 6.68. The third-order valence-electron chi connectivity index (χ3n) is 3.68. The molecule has 0 saturated heterocycles. The van der Waals surface area contributed by atoms with Crippen LogP contribution in [0.1, 0.15) is 35.8 Å². The second-order valence-corrected chi connectivity index (χ2v) is 6.03. The van der Waals surface area contributed by atoms with Crippen molar-refractivity contribution in [3.63, 3.8) is 0 Å². The minimum atomic E-state index is -0.502. The van der Waals surface area contributed by atoms with Gasteiger partial charge in [-0.05, 0) is 55.8 Å². The fourth-order valence-corrected chi connectivity index (χ4v) is 2.49. The zero-order valence-corrected chi connectivity index (χ0v) is 14.3. The fourth-order valence-electron chi connectivity index (χ4n) is 2.29. The molecule has 2 amide bonds. The van der Waals surface area contributed by atoms with E-state index in [1.165, 1.54) is 0 Å². The lowest BCUT2D eigenvalue weighted by Crippen LogP contribution is -2.39. The van der Waals surface area contributed by atoms with E-state index in [0.717, 1.165) is 5.56 Å². The number of benzene rings is 2. The fraction of sp³-hybridized carbons (Fsp3) is 0.222. The number of halogens is 1. The van der Waals surface area contributed by atoms with E-state index in [2.05, 4.69) is 10.6 Å². The first-order chi connectivity index (χ1) is 11.4. The van der Waals surface area contributed by atoms with E-state index in [1.807, 2.05) is 31.2 Å². The van der Waals surface area contributed by atoms with E-state index in [-0.39, 0.29) is 11.9 Å². The molecule has 0 unspecified atom stereocenters. The van der Waals surface area contributed by atoms with Crippen molar-refractivity contribution in [3.8, 4) is 0 Å². The second kappa shape index (κ2) is 7.95. The minimum Gasteiger partial charge on any atom is -0.366 e. The van der Waals surface area contributed by atoms with Gasteiger partial charge < -0.3 is 11.1 Å². The van der Waals surface area contributed by atoms with Crippen molar-refractivity contribution in [2.75, 3.05) is 5.32 Å². The first kappa shape index (κ1) is 18.0. The Hall–Kier alpha value is -2.37. The molecule has 0 fully saturated rings. The molecule has 0 aromatic heterocycles. The first-order valence-electron chi connectivity index (χ1n) is 7.59. The highest BCUT2D eigenvalue weighted by Gasteiger charge is 2.16. The summed E-state index contributed by atoms with van der Waals surface area (Å²) in [6.07, 6.45) is 0. The number of primary amides is 1. The van der Waals surface area contributed by atoms with Gasteiger partial charge >= 0.3 is 0 Å². The highest BCUT2D eigenvalue weighted by atomic mass is 35.5. The van der Waals surface area contributed by atoms with E-state index in [4.69, 9.17) is 17.3 Å². The van der Waals surface area contributed by atoms with Crippen LogP contribution >= 0.6 is 11.6 Å². The summed E-state index contributed by atoms with van der Waals surface area (Å²) >= 11 is 5.99. The molecule has 2 rings (SSSR count). The Balaban J connectivity index is 1.95. The first-order valence-corrected chi connectivity index (χ1v) is 7.97. The Morgan fingerprint density at radius 3 is 2.33 bits per heavy atom. The SMILES string of the molecule is C[C@H](N[C@H](C)C(=O)Nc1ccc(C(N)=O)cc1)c1cccc(Cl)c1. The molecule has 0 aliphatic heterocycles. The molecular weight excluding hydrogens is 326 g/mol. The monoisotopic (exact) mass is 345 g/mol. The van der Waals surface area contributed by atoms with E-state index >= 15 is 0 Å². The normalized spacial score (nSPS) is 13.1. The van der Waals surface area contributed by atoms with Crippen LogP contribution in [0.25, 0.3) is 0 Å². The van der Waals surface area contributed by atoms with Crippen molar-refractivity contribution in [3.05, 3.63) is 64.7 Å². The van der Waals surface area contributed by atoms with Gasteiger partial charge in [0, 0.05) is 22.3 Å². The third-order valence-corrected chi connectivity index (χ3v) is 3.91. The van der Waals surface area contributed by atoms with Crippen LogP contribution in [-0.4, -0.2) is 17.9 Å². The van der Waals surface area contributed by atoms with E-state index in [9.17, 15) is 9.59 Å². The van der Waals surface area contributed by atoms with E-state index in [0.29, 0.717) is 16.3 Å². The molecule has 0 heterocycles. The Morgan fingerprint density at radius 2 is 1.75 bits per heavy atom. The van der Waals surface area contributed by atoms with Crippen LogP contribution < -0.4 is 16.4 Å². The molecule has 0 spiro atoms. The number of hydrogen-bond acceptors (Lipinski definition) is 3. The van der Waals surface area contributed by atoms with Crippen LogP contribution in [0.15, 0.2) is 48.5 Å². The van der Waals surface area contributed by atoms with Gasteiger partial charge in [-0.15, -0.1) is 0 Å². The molecule has 0 bridgehead atoms. The standard InChI is InChI=1S/C18H20ClN3O2/c1-11(14-4-3-5-15(19)10-14)21-12(2)18(24)22-16-8-6-13(7-9-16)17(20)23/h3-12,21H,1-2H3,(H2,20,23)(H,22,24)/t11-,12+/m0/s1. The van der Waals surface area contributed by atoms with Crippen molar-refractivity contribution in [2.24, 2.45) is 5.73 Å². The van der Waals surface area contributed by atoms with Crippen LogP contribution in [0.2, 0.25) is 5.02 Å². The molecule has 126 valence electrons. The molecule has 2 aromatic rings. The molecule has 6 heteroatoms. The maximum absolute atomic E-state index is 12.3. The number of nitrogens with two attached hydrogens (primary N) is 1. The lowest BCUT2D eigenvalue weighted by atomic mass is 10.1. The molecule has 5 nitrogen and oxygen atoms in total. The summed E-state index contributed by atoms with van der Waals surface area (Å²) in [4.78, 5) is 23.3. The molecule has 2 atom stereocenters. The van der Waals surface area contributed by atoms with Crippen LogP contribution in [-0.2, 0) is 4.79 Å². The highest BCUT2D eigenvalue weighted by Crippen LogP contribution is 2.18. The largest absolute Gasteiger partial charge is 0.366 e. The van der Waals surface area contributed by atoms with Crippen molar-refractivity contribution in [1.29, 1.82) is 0 Å². The molecule has 4 N–H and O–H groups in total. The number of rotatable bonds is 6. The molecular formula is C18H20ClN3O2. The van der Waals surface area contributed by atoms with Gasteiger partial charge in [-0.25, -0.2) is 0 Å². The minimum absolute atomic E-state index is 0.0262. The van der Waals surface area contributed by atoms with Crippen molar-refractivity contribution >= 4 is 29.1 Å². The number of anilines is 1. The lowest BCUT2D eigenvalue weighted by molar-refractivity contribution is -0.117. The molecule has 24 heavy (non-hydrogen) atoms. The van der Waals surface area contributed by atoms with Crippen molar-refractivity contribution < 1.29 is 9.59 Å². The summed E-state index contributed by atoms with van der Waals surface area (Å²) in [5.74, 6) is -0.672. The topological polar surface area (TPSA) is 84.2 Å². The summed E-state index contributed by atoms with van der Waals surface area (Å²) in [7, 11) is 0. The molecule has 0 saturated carbocycles. The van der Waals surface area contributed by atoms with Crippen LogP contribution in [0.5, 0.6) is 0 Å². The predicted molar refractivity (Wildman–Crippen MR) is 96.1 cm³/mol. The van der Waals surface area contributed by atoms with Gasteiger partial charge in [0.1, 0.15) is 0 Å². The smallest absolute Gasteiger partial charge is 0.248 e. The molecule has 0 aliphatic carbocycles. The average Bonchev–Trinajstić information content (AvgIpc) is 2.55. The van der Waals surface area contributed by atoms with Crippen LogP contribution in [0, 0.1) is 0 Å². The number of hydrogen-bond donors (Lipinski definition) is 3. The number of nitrogens with one attached hydrogen (secondary N) is 2. The van der Waals surface area contributed by atoms with E-state index < -0.39 is 11.9 Å². The maximum atomic E-state index is 12.3. The van der Waals surface area contributed by atoms with Gasteiger partial charge in [-0.3, -0.25) is 14.9 Å². The lowest BCUT2D eigenvalue weighted by Gasteiger charge is -2.20. The zero-order chi connectivity index (χ0) is 17.7. The van der Waals surface area contributed by atoms with Gasteiger partial charge in [0.05, 0.1) is 6.04 Å². The van der Waals surface area contributed by atoms with Gasteiger partial charge in [0.15, 0.2) is 0 Å². The van der Waals surface area contributed by atoms with Crippen LogP contribution in [0.4, 0.5) is 5.69 Å². The second-order valence-electron chi connectivity index (χ2n) is 5.60. The number of amides is 2. The summed E-state index contributed by atoms with van der Waals surface area (Å²) in [6, 6.07) is 13.5. The number of carbonyl (C=O) groups excluding carboxylic acids is 2. The Labute approximate surface area is 146 Å². The van der Waals surface area contributed by atoms with Crippen LogP contribution in [0.3, 0.4) is 0 Å². The molecule has 0 aliphatic rings. The van der Waals surface area contributed by atoms with Gasteiger partial charge in [0.25, 0.3) is 0 Å². The van der Waals surface area contributed by atoms with Gasteiger partial charge in [-0.1, -0.05) is 23.7 Å². The Morgan fingerprint density at radius 1 is 1.08 bits per heavy atom. The third kappa shape index (κ3) is 4.81. The summed E-state index contributed by atoms with van der Waals surface area (Å²) in [5.41, 5.74) is 7.20. The van der Waals surface area contributed by atoms with E-state index in [1.54, 1.807) is 31.2 Å². The maximum Gasteiger partial charge on any atom is 0.248 e. The summed E-state index contributed by atoms with van der Waals surface area (Å²) in [6.45, 7) is 3.76. The molecule has 0 radical (unpaired) electrons. The summed E-state index contributed by atoms with van der Waals surface area (Å²) < 4.78 is 0. The highest BCUT2D eigenvalue weighted by molar-refractivity contribution is 6.30. The van der Waals surface area contributed by atoms with Crippen molar-refractivity contribution in [2.45, 2.75) is 25.9 Å². The zero-order valence-electron chi connectivity index (χ0n) is 13.5. The molecule has 2 aromatic carbocycles. The predicted octanol–water partition coefficient (Wildman–Crippen LogP) is 3.12. The van der Waals surface area contributed by atoms with Gasteiger partial charge in [-0.2, -0.15) is 0 Å². The van der Waals surface area contributed by atoms with Crippen molar-refractivity contribution in [1.82, 2.24) is 5.32 Å². The average molecular weight is 346 g/mol. The van der Waals surface area contributed by atoms with Gasteiger partial charge in [0.2, 0.25) is 11.8 Å². The Bertz CT molecular complexity index is 731. The Kier molecular flexibility index (Phi) is 5.95. The number of carbonyl (C=O) groups is 2. The quantitative estimate of drug-likeness (QED) is 0.752.